The molecule has 0 aliphatic heterocycles. The van der Waals surface area contributed by atoms with Gasteiger partial charge in [-0.3, -0.25) is 0 Å². The summed E-state index contributed by atoms with van der Waals surface area (Å²) in [7, 11) is 0. The lowest BCUT2D eigenvalue weighted by Gasteiger charge is -2.18. The molecule has 12 aromatic rings. The van der Waals surface area contributed by atoms with E-state index in [-0.39, 0.29) is 0 Å². The second-order valence-electron chi connectivity index (χ2n) is 14.7. The summed E-state index contributed by atoms with van der Waals surface area (Å²) in [5.74, 6) is 0. The Morgan fingerprint density at radius 2 is 0.764 bits per heavy atom. The molecule has 2 heteroatoms. The fourth-order valence-corrected chi connectivity index (χ4v) is 9.62. The summed E-state index contributed by atoms with van der Waals surface area (Å²) in [6.45, 7) is 0. The van der Waals surface area contributed by atoms with Crippen molar-refractivity contribution in [2.24, 2.45) is 0 Å². The van der Waals surface area contributed by atoms with E-state index >= 15 is 0 Å². The molecule has 0 saturated heterocycles. The molecular weight excluding hydrogens is 665 g/mol. The van der Waals surface area contributed by atoms with Crippen LogP contribution in [0.5, 0.6) is 0 Å². The lowest BCUT2D eigenvalue weighted by molar-refractivity contribution is 1.18. The highest BCUT2D eigenvalue weighted by Gasteiger charge is 2.22. The van der Waals surface area contributed by atoms with E-state index in [1.807, 2.05) is 6.07 Å². The molecule has 0 amide bonds. The molecule has 252 valence electrons. The van der Waals surface area contributed by atoms with E-state index in [2.05, 4.69) is 187 Å². The number of aromatic nitrogens is 1. The maximum absolute atomic E-state index is 10.1. The highest BCUT2D eigenvalue weighted by Crippen LogP contribution is 2.47. The normalized spacial score (nSPS) is 12.0. The van der Waals surface area contributed by atoms with Crippen LogP contribution in [0, 0.1) is 11.3 Å². The zero-order valence-corrected chi connectivity index (χ0v) is 29.7. The minimum Gasteiger partial charge on any atom is -0.309 e. The molecule has 0 saturated carbocycles. The predicted octanol–water partition coefficient (Wildman–Crippen LogP) is 14.3. The van der Waals surface area contributed by atoms with Gasteiger partial charge < -0.3 is 4.57 Å². The number of nitrogens with zero attached hydrogens (tertiary/aromatic N) is 2. The molecular formula is C53H30N2. The van der Waals surface area contributed by atoms with Crippen LogP contribution in [-0.4, -0.2) is 4.57 Å². The van der Waals surface area contributed by atoms with E-state index in [0.717, 1.165) is 27.5 Å². The van der Waals surface area contributed by atoms with E-state index in [1.165, 1.54) is 87.2 Å². The first kappa shape index (κ1) is 30.0. The summed E-state index contributed by atoms with van der Waals surface area (Å²) in [5, 5.41) is 24.8. The first-order chi connectivity index (χ1) is 27.3. The molecule has 0 spiro atoms. The number of fused-ring (bicyclic) bond motifs is 1. The molecule has 55 heavy (non-hydrogen) atoms. The topological polar surface area (TPSA) is 28.7 Å². The minimum atomic E-state index is 0.700. The van der Waals surface area contributed by atoms with Crippen LogP contribution in [0.4, 0.5) is 0 Å². The van der Waals surface area contributed by atoms with Crippen molar-refractivity contribution < 1.29 is 0 Å². The fourth-order valence-electron chi connectivity index (χ4n) is 9.62. The van der Waals surface area contributed by atoms with Gasteiger partial charge in [0, 0.05) is 21.8 Å². The van der Waals surface area contributed by atoms with Gasteiger partial charge in [0.1, 0.15) is 0 Å². The van der Waals surface area contributed by atoms with E-state index in [1.54, 1.807) is 0 Å². The molecule has 0 fully saturated rings. The summed E-state index contributed by atoms with van der Waals surface area (Å²) >= 11 is 0. The summed E-state index contributed by atoms with van der Waals surface area (Å²) < 4.78 is 2.34. The average Bonchev–Trinajstić information content (AvgIpc) is 3.60. The monoisotopic (exact) mass is 694 g/mol. The predicted molar refractivity (Wildman–Crippen MR) is 232 cm³/mol. The van der Waals surface area contributed by atoms with Gasteiger partial charge in [-0.25, -0.2) is 0 Å². The zero-order valence-electron chi connectivity index (χ0n) is 29.7. The lowest BCUT2D eigenvalue weighted by atomic mass is 9.85. The molecule has 0 N–H and O–H groups in total. The third kappa shape index (κ3) is 4.13. The van der Waals surface area contributed by atoms with Gasteiger partial charge in [-0.1, -0.05) is 152 Å². The smallest absolute Gasteiger partial charge is 0.0998 e. The number of benzene rings is 11. The van der Waals surface area contributed by atoms with E-state index in [0.29, 0.717) is 5.56 Å². The summed E-state index contributed by atoms with van der Waals surface area (Å²) in [6, 6.07) is 68.6. The van der Waals surface area contributed by atoms with Gasteiger partial charge in [0.05, 0.1) is 22.7 Å². The van der Waals surface area contributed by atoms with Crippen molar-refractivity contribution in [3.63, 3.8) is 0 Å². The number of nitriles is 1. The number of para-hydroxylation sites is 1. The van der Waals surface area contributed by atoms with Gasteiger partial charge >= 0.3 is 0 Å². The van der Waals surface area contributed by atoms with Gasteiger partial charge in [0.15, 0.2) is 0 Å². The lowest BCUT2D eigenvalue weighted by Crippen LogP contribution is -1.93. The Morgan fingerprint density at radius 3 is 1.42 bits per heavy atom. The standard InChI is InChI=1S/C53H30N2/c54-31-35-19-29-48-52-38(35)24-27-47-44(28-30-49(53(47)52)55(48)36-11-5-2-6-12-36)42-26-25-41(39-13-7-8-14-40(39)42)43-21-16-34-17-22-45-37(32-9-3-1-4-10-32)20-15-33-18-23-46(43)51(34)50(33)45/h1-30H. The molecule has 0 atom stereocenters. The third-order valence-electron chi connectivity index (χ3n) is 12.0. The fraction of sp³-hybridized carbons (Fsp3) is 0. The first-order valence-corrected chi connectivity index (χ1v) is 18.8. The molecule has 0 aliphatic carbocycles. The van der Waals surface area contributed by atoms with Gasteiger partial charge in [0.2, 0.25) is 0 Å². The Bertz CT molecular complexity index is 3530. The summed E-state index contributed by atoms with van der Waals surface area (Å²) in [5.41, 5.74) is 11.4. The van der Waals surface area contributed by atoms with Gasteiger partial charge in [0.25, 0.3) is 0 Å². The highest BCUT2D eigenvalue weighted by atomic mass is 15.0. The van der Waals surface area contributed by atoms with Gasteiger partial charge in [-0.2, -0.15) is 5.26 Å². The van der Waals surface area contributed by atoms with Crippen molar-refractivity contribution in [2.75, 3.05) is 0 Å². The van der Waals surface area contributed by atoms with E-state index < -0.39 is 0 Å². The Kier molecular flexibility index (Phi) is 6.15. The molecule has 11 aromatic carbocycles. The zero-order chi connectivity index (χ0) is 36.2. The second-order valence-corrected chi connectivity index (χ2v) is 14.7. The van der Waals surface area contributed by atoms with Crippen molar-refractivity contribution in [2.45, 2.75) is 0 Å². The van der Waals surface area contributed by atoms with Crippen LogP contribution in [0.25, 0.3) is 115 Å². The summed E-state index contributed by atoms with van der Waals surface area (Å²) in [6.07, 6.45) is 0. The van der Waals surface area contributed by atoms with Crippen LogP contribution in [0.15, 0.2) is 182 Å². The summed E-state index contributed by atoms with van der Waals surface area (Å²) in [4.78, 5) is 0. The third-order valence-corrected chi connectivity index (χ3v) is 12.0. The van der Waals surface area contributed by atoms with Crippen molar-refractivity contribution in [3.8, 4) is 45.1 Å². The Labute approximate surface area is 317 Å². The van der Waals surface area contributed by atoms with Gasteiger partial charge in [-0.05, 0) is 112 Å². The van der Waals surface area contributed by atoms with Crippen LogP contribution in [0.1, 0.15) is 5.56 Å². The maximum atomic E-state index is 10.1. The number of rotatable bonds is 4. The number of hydrogen-bond donors (Lipinski definition) is 0. The van der Waals surface area contributed by atoms with Crippen LogP contribution in [0.3, 0.4) is 0 Å². The highest BCUT2D eigenvalue weighted by molar-refractivity contribution is 6.30. The van der Waals surface area contributed by atoms with Crippen molar-refractivity contribution in [1.82, 2.24) is 4.57 Å². The maximum Gasteiger partial charge on any atom is 0.0998 e. The van der Waals surface area contributed by atoms with Crippen molar-refractivity contribution >= 4 is 75.7 Å². The van der Waals surface area contributed by atoms with Crippen molar-refractivity contribution in [3.05, 3.63) is 188 Å². The van der Waals surface area contributed by atoms with Crippen LogP contribution >= 0.6 is 0 Å². The van der Waals surface area contributed by atoms with Gasteiger partial charge in [-0.15, -0.1) is 0 Å². The Balaban J connectivity index is 1.10. The first-order valence-electron chi connectivity index (χ1n) is 18.8. The molecule has 12 rings (SSSR count). The molecule has 0 radical (unpaired) electrons. The van der Waals surface area contributed by atoms with Crippen LogP contribution < -0.4 is 0 Å². The molecule has 0 unspecified atom stereocenters. The average molecular weight is 695 g/mol. The van der Waals surface area contributed by atoms with E-state index in [9.17, 15) is 5.26 Å². The molecule has 1 heterocycles. The minimum absolute atomic E-state index is 0.700. The molecule has 2 nitrogen and oxygen atoms in total. The van der Waals surface area contributed by atoms with E-state index in [4.69, 9.17) is 0 Å². The Hall–Kier alpha value is -7.47. The quantitative estimate of drug-likeness (QED) is 0.169. The largest absolute Gasteiger partial charge is 0.309 e. The molecule has 1 aromatic heterocycles. The molecule has 0 bridgehead atoms. The Morgan fingerprint density at radius 1 is 0.327 bits per heavy atom. The van der Waals surface area contributed by atoms with Crippen LogP contribution in [-0.2, 0) is 0 Å². The van der Waals surface area contributed by atoms with Crippen LogP contribution in [0.2, 0.25) is 0 Å². The SMILES string of the molecule is N#Cc1ccc2c3c1ccc1c(-c4ccc(-c5ccc6ccc7c(-c8ccccc8)ccc8ccc5c6c87)c5ccccc45)ccc(c13)n2-c1ccccc1. The molecule has 0 aliphatic rings. The second kappa shape index (κ2) is 11.3. The van der Waals surface area contributed by atoms with Crippen molar-refractivity contribution in [1.29, 1.82) is 5.26 Å². The number of hydrogen-bond acceptors (Lipinski definition) is 1.